The van der Waals surface area contributed by atoms with Gasteiger partial charge in [0.25, 0.3) is 5.91 Å². The number of amides is 1. The minimum absolute atomic E-state index is 0.377. The van der Waals surface area contributed by atoms with Gasteiger partial charge < -0.3 is 10.4 Å². The lowest BCUT2D eigenvalue weighted by molar-refractivity contribution is -0.123. The van der Waals surface area contributed by atoms with Gasteiger partial charge in [0.1, 0.15) is 5.51 Å². The Labute approximate surface area is 105 Å². The molecule has 2 aromatic rings. The van der Waals surface area contributed by atoms with Crippen molar-refractivity contribution >= 4 is 34.7 Å². The van der Waals surface area contributed by atoms with E-state index >= 15 is 0 Å². The summed E-state index contributed by atoms with van der Waals surface area (Å²) in [6.45, 7) is 0. The van der Waals surface area contributed by atoms with Gasteiger partial charge in [0, 0.05) is 16.1 Å². The summed E-state index contributed by atoms with van der Waals surface area (Å²) in [5.74, 6) is -0.377. The van der Waals surface area contributed by atoms with Crippen LogP contribution in [0.1, 0.15) is 11.7 Å². The van der Waals surface area contributed by atoms with E-state index in [0.29, 0.717) is 11.3 Å². The van der Waals surface area contributed by atoms with Gasteiger partial charge in [-0.1, -0.05) is 29.2 Å². The summed E-state index contributed by atoms with van der Waals surface area (Å²) in [5.41, 5.74) is 2.95. The molecule has 0 fully saturated rings. The quantitative estimate of drug-likeness (QED) is 0.864. The number of hydrogen-bond donors (Lipinski definition) is 2. The van der Waals surface area contributed by atoms with E-state index in [4.69, 9.17) is 0 Å². The SMILES string of the molecule is O=C1Nc2cc(Sc3nncs3)ccc2C1O. The fourth-order valence-electron chi connectivity index (χ4n) is 1.60. The number of nitrogens with zero attached hydrogens (tertiary/aromatic N) is 2. The number of aromatic nitrogens is 2. The maximum Gasteiger partial charge on any atom is 0.257 e. The number of fused-ring (bicyclic) bond motifs is 1. The number of anilines is 1. The number of hydrogen-bond acceptors (Lipinski definition) is 6. The molecule has 1 aliphatic rings. The van der Waals surface area contributed by atoms with Crippen molar-refractivity contribution in [2.75, 3.05) is 5.32 Å². The predicted octanol–water partition coefficient (Wildman–Crippen LogP) is 1.67. The molecule has 1 unspecified atom stereocenters. The zero-order valence-electron chi connectivity index (χ0n) is 8.45. The molecular weight excluding hydrogens is 258 g/mol. The Hall–Kier alpha value is -1.44. The number of aliphatic hydroxyl groups is 1. The topological polar surface area (TPSA) is 75.1 Å². The lowest BCUT2D eigenvalue weighted by Crippen LogP contribution is -2.10. The van der Waals surface area contributed by atoms with Gasteiger partial charge in [-0.2, -0.15) is 0 Å². The molecule has 1 amide bonds. The third-order valence-corrected chi connectivity index (χ3v) is 4.14. The number of carbonyl (C=O) groups excluding carboxylic acids is 1. The lowest BCUT2D eigenvalue weighted by atomic mass is 10.1. The third-order valence-electron chi connectivity index (χ3n) is 2.37. The molecule has 0 saturated heterocycles. The third kappa shape index (κ3) is 1.92. The van der Waals surface area contributed by atoms with Crippen molar-refractivity contribution < 1.29 is 9.90 Å². The first-order chi connectivity index (χ1) is 8.24. The minimum Gasteiger partial charge on any atom is -0.378 e. The largest absolute Gasteiger partial charge is 0.378 e. The summed E-state index contributed by atoms with van der Waals surface area (Å²) in [6.07, 6.45) is -1.05. The number of benzene rings is 1. The molecule has 7 heteroatoms. The molecule has 3 rings (SSSR count). The Bertz CT molecular complexity index is 571. The highest BCUT2D eigenvalue weighted by atomic mass is 32.2. The van der Waals surface area contributed by atoms with Gasteiger partial charge in [-0.25, -0.2) is 0 Å². The zero-order valence-corrected chi connectivity index (χ0v) is 10.1. The van der Waals surface area contributed by atoms with Crippen LogP contribution >= 0.6 is 23.1 Å². The fraction of sp³-hybridized carbons (Fsp3) is 0.100. The van der Waals surface area contributed by atoms with Crippen molar-refractivity contribution in [1.82, 2.24) is 10.2 Å². The Morgan fingerprint density at radius 1 is 1.47 bits per heavy atom. The average Bonchev–Trinajstić information content (AvgIpc) is 2.89. The van der Waals surface area contributed by atoms with Gasteiger partial charge in [-0.05, 0) is 12.1 Å². The smallest absolute Gasteiger partial charge is 0.257 e. The normalized spacial score (nSPS) is 17.9. The molecule has 1 aromatic carbocycles. The summed E-state index contributed by atoms with van der Waals surface area (Å²) in [7, 11) is 0. The van der Waals surface area contributed by atoms with Crippen LogP contribution in [0.4, 0.5) is 5.69 Å². The molecule has 2 heterocycles. The average molecular weight is 265 g/mol. The van der Waals surface area contributed by atoms with Crippen molar-refractivity contribution in [2.24, 2.45) is 0 Å². The van der Waals surface area contributed by atoms with E-state index in [1.54, 1.807) is 11.6 Å². The van der Waals surface area contributed by atoms with Crippen LogP contribution in [0.2, 0.25) is 0 Å². The monoisotopic (exact) mass is 265 g/mol. The van der Waals surface area contributed by atoms with Gasteiger partial charge in [0.2, 0.25) is 0 Å². The molecule has 0 radical (unpaired) electrons. The number of nitrogens with one attached hydrogen (secondary N) is 1. The van der Waals surface area contributed by atoms with Crippen LogP contribution in [0.3, 0.4) is 0 Å². The Morgan fingerprint density at radius 3 is 3.12 bits per heavy atom. The highest BCUT2D eigenvalue weighted by molar-refractivity contribution is 8.01. The van der Waals surface area contributed by atoms with E-state index < -0.39 is 6.10 Å². The fourth-order valence-corrected chi connectivity index (χ4v) is 3.09. The van der Waals surface area contributed by atoms with Crippen LogP contribution in [0.25, 0.3) is 0 Å². The van der Waals surface area contributed by atoms with Gasteiger partial charge in [0.15, 0.2) is 10.4 Å². The predicted molar refractivity (Wildman–Crippen MR) is 64.1 cm³/mol. The van der Waals surface area contributed by atoms with E-state index in [-0.39, 0.29) is 5.91 Å². The minimum atomic E-state index is -1.05. The summed E-state index contributed by atoms with van der Waals surface area (Å²) < 4.78 is 0.842. The van der Waals surface area contributed by atoms with Crippen LogP contribution in [0.15, 0.2) is 32.9 Å². The van der Waals surface area contributed by atoms with Gasteiger partial charge in [0.05, 0.1) is 0 Å². The van der Waals surface area contributed by atoms with Gasteiger partial charge >= 0.3 is 0 Å². The van der Waals surface area contributed by atoms with E-state index in [0.717, 1.165) is 9.24 Å². The maximum absolute atomic E-state index is 11.3. The highest BCUT2D eigenvalue weighted by Crippen LogP contribution is 2.36. The molecule has 86 valence electrons. The van der Waals surface area contributed by atoms with Gasteiger partial charge in [-0.15, -0.1) is 10.2 Å². The Balaban J connectivity index is 1.90. The van der Waals surface area contributed by atoms with Crippen molar-refractivity contribution in [3.05, 3.63) is 29.3 Å². The first-order valence-corrected chi connectivity index (χ1v) is 6.50. The molecule has 17 heavy (non-hydrogen) atoms. The van der Waals surface area contributed by atoms with E-state index in [1.807, 2.05) is 12.1 Å². The number of aliphatic hydroxyl groups excluding tert-OH is 1. The molecule has 0 spiro atoms. The maximum atomic E-state index is 11.3. The van der Waals surface area contributed by atoms with Crippen LogP contribution < -0.4 is 5.32 Å². The first kappa shape index (κ1) is 10.7. The summed E-state index contributed by atoms with van der Waals surface area (Å²) >= 11 is 2.93. The highest BCUT2D eigenvalue weighted by Gasteiger charge is 2.28. The molecule has 0 bridgehead atoms. The molecule has 1 atom stereocenters. The molecular formula is C10H7N3O2S2. The van der Waals surface area contributed by atoms with Crippen LogP contribution in [0.5, 0.6) is 0 Å². The van der Waals surface area contributed by atoms with Crippen molar-refractivity contribution in [2.45, 2.75) is 15.3 Å². The molecule has 1 aromatic heterocycles. The molecule has 0 saturated carbocycles. The number of carbonyl (C=O) groups is 1. The second-order valence-corrected chi connectivity index (χ2v) is 5.60. The molecule has 1 aliphatic heterocycles. The first-order valence-electron chi connectivity index (χ1n) is 4.81. The van der Waals surface area contributed by atoms with Crippen molar-refractivity contribution in [1.29, 1.82) is 0 Å². The van der Waals surface area contributed by atoms with E-state index in [1.165, 1.54) is 23.1 Å². The van der Waals surface area contributed by atoms with Crippen molar-refractivity contribution in [3.8, 4) is 0 Å². The number of rotatable bonds is 2. The molecule has 2 N–H and O–H groups in total. The molecule has 5 nitrogen and oxygen atoms in total. The zero-order chi connectivity index (χ0) is 11.8. The summed E-state index contributed by atoms with van der Waals surface area (Å²) in [4.78, 5) is 12.2. The second-order valence-electron chi connectivity index (χ2n) is 3.45. The van der Waals surface area contributed by atoms with Crippen LogP contribution in [0, 0.1) is 0 Å². The lowest BCUT2D eigenvalue weighted by Gasteiger charge is -2.02. The van der Waals surface area contributed by atoms with Crippen LogP contribution in [-0.2, 0) is 4.79 Å². The molecule has 0 aliphatic carbocycles. The summed E-state index contributed by atoms with van der Waals surface area (Å²) in [5, 5.41) is 19.9. The van der Waals surface area contributed by atoms with E-state index in [9.17, 15) is 9.90 Å². The standard InChI is InChI=1S/C10H7N3O2S2/c14-8-6-2-1-5(3-7(6)12-9(8)15)17-10-13-11-4-16-10/h1-4,8,14H,(H,12,15). The van der Waals surface area contributed by atoms with Crippen LogP contribution in [-0.4, -0.2) is 21.2 Å². The van der Waals surface area contributed by atoms with Crippen molar-refractivity contribution in [3.63, 3.8) is 0 Å². The summed E-state index contributed by atoms with van der Waals surface area (Å²) in [6, 6.07) is 5.44. The van der Waals surface area contributed by atoms with Gasteiger partial charge in [-0.3, -0.25) is 4.79 Å². The Morgan fingerprint density at radius 2 is 2.35 bits per heavy atom. The Kier molecular flexibility index (Phi) is 2.58. The van der Waals surface area contributed by atoms with E-state index in [2.05, 4.69) is 15.5 Å². The second kappa shape index (κ2) is 4.10.